The van der Waals surface area contributed by atoms with Gasteiger partial charge in [0.05, 0.1) is 11.8 Å². The maximum absolute atomic E-state index is 5.68. The highest BCUT2D eigenvalue weighted by atomic mass is 32.1. The Bertz CT molecular complexity index is 633. The highest BCUT2D eigenvalue weighted by Crippen LogP contribution is 2.21. The first kappa shape index (κ1) is 12.9. The lowest BCUT2D eigenvalue weighted by Crippen LogP contribution is -2.12. The van der Waals surface area contributed by atoms with E-state index < -0.39 is 0 Å². The van der Waals surface area contributed by atoms with Crippen molar-refractivity contribution in [1.82, 2.24) is 19.3 Å². The van der Waals surface area contributed by atoms with Crippen molar-refractivity contribution in [1.29, 1.82) is 0 Å². The minimum Gasteiger partial charge on any atom is -0.378 e. The summed E-state index contributed by atoms with van der Waals surface area (Å²) in [4.78, 5) is 3.28. The number of nitrogens with one attached hydrogen (secondary N) is 1. The molecule has 1 N–H and O–H groups in total. The highest BCUT2D eigenvalue weighted by Gasteiger charge is 2.18. The number of hydrogen-bond acceptors (Lipinski definition) is 3. The molecule has 3 heterocycles. The zero-order valence-corrected chi connectivity index (χ0v) is 12.3. The molecule has 1 fully saturated rings. The van der Waals surface area contributed by atoms with Gasteiger partial charge < -0.3 is 14.3 Å². The van der Waals surface area contributed by atoms with Gasteiger partial charge in [0, 0.05) is 19.7 Å². The average Bonchev–Trinajstić information content (AvgIpc) is 3.06. The molecule has 19 heavy (non-hydrogen) atoms. The van der Waals surface area contributed by atoms with Crippen molar-refractivity contribution in [2.45, 2.75) is 52.3 Å². The molecule has 1 aliphatic heterocycles. The molecule has 0 aliphatic carbocycles. The van der Waals surface area contributed by atoms with Gasteiger partial charge in [0.15, 0.2) is 10.4 Å². The standard InChI is InChI=1S/C13H20N4OS/c1-3-17-12-11(9(2)15-17)14-13(19)16(12)7-6-10-5-4-8-18-10/h10H,3-8H2,1-2H3,(H,14,19). The average molecular weight is 280 g/mol. The monoisotopic (exact) mass is 280 g/mol. The third-order valence-corrected chi connectivity index (χ3v) is 4.15. The summed E-state index contributed by atoms with van der Waals surface area (Å²) >= 11 is 5.44. The van der Waals surface area contributed by atoms with Gasteiger partial charge >= 0.3 is 0 Å². The second-order valence-electron chi connectivity index (χ2n) is 5.11. The van der Waals surface area contributed by atoms with Crippen molar-refractivity contribution in [2.24, 2.45) is 0 Å². The van der Waals surface area contributed by atoms with E-state index in [2.05, 4.69) is 21.6 Å². The van der Waals surface area contributed by atoms with Crippen LogP contribution in [-0.2, 0) is 17.8 Å². The smallest absolute Gasteiger partial charge is 0.179 e. The van der Waals surface area contributed by atoms with Gasteiger partial charge in [-0.1, -0.05) is 0 Å². The van der Waals surface area contributed by atoms with Gasteiger partial charge in [-0.2, -0.15) is 5.10 Å². The largest absolute Gasteiger partial charge is 0.378 e. The number of aromatic amines is 1. The van der Waals surface area contributed by atoms with Crippen molar-refractivity contribution in [2.75, 3.05) is 6.61 Å². The van der Waals surface area contributed by atoms with E-state index in [1.165, 1.54) is 12.8 Å². The molecule has 0 spiro atoms. The zero-order chi connectivity index (χ0) is 13.4. The van der Waals surface area contributed by atoms with Crippen LogP contribution < -0.4 is 0 Å². The fourth-order valence-corrected chi connectivity index (χ4v) is 3.11. The Kier molecular flexibility index (Phi) is 3.45. The lowest BCUT2D eigenvalue weighted by Gasteiger charge is -2.10. The van der Waals surface area contributed by atoms with Gasteiger partial charge in [0.2, 0.25) is 0 Å². The lowest BCUT2D eigenvalue weighted by atomic mass is 10.2. The summed E-state index contributed by atoms with van der Waals surface area (Å²) < 4.78 is 10.7. The number of H-pyrrole nitrogens is 1. The topological polar surface area (TPSA) is 47.8 Å². The van der Waals surface area contributed by atoms with E-state index in [4.69, 9.17) is 17.0 Å². The van der Waals surface area contributed by atoms with Crippen LogP contribution in [0.15, 0.2) is 0 Å². The predicted octanol–water partition coefficient (Wildman–Crippen LogP) is 2.79. The van der Waals surface area contributed by atoms with E-state index in [1.54, 1.807) is 0 Å². The summed E-state index contributed by atoms with van der Waals surface area (Å²) in [6.07, 6.45) is 3.78. The molecule has 0 radical (unpaired) electrons. The molecule has 0 amide bonds. The molecule has 1 aliphatic rings. The quantitative estimate of drug-likeness (QED) is 0.876. The van der Waals surface area contributed by atoms with Crippen molar-refractivity contribution in [3.63, 3.8) is 0 Å². The first-order valence-electron chi connectivity index (χ1n) is 6.98. The molecule has 0 bridgehead atoms. The van der Waals surface area contributed by atoms with Crippen LogP contribution in [0.25, 0.3) is 11.2 Å². The molecule has 6 heteroatoms. The number of nitrogens with zero attached hydrogens (tertiary/aromatic N) is 3. The summed E-state index contributed by atoms with van der Waals surface area (Å²) in [5.74, 6) is 0. The van der Waals surface area contributed by atoms with Crippen molar-refractivity contribution >= 4 is 23.4 Å². The van der Waals surface area contributed by atoms with Crippen LogP contribution in [0.3, 0.4) is 0 Å². The highest BCUT2D eigenvalue weighted by molar-refractivity contribution is 7.71. The molecule has 2 aromatic rings. The fraction of sp³-hybridized carbons (Fsp3) is 0.692. The molecule has 0 saturated carbocycles. The fourth-order valence-electron chi connectivity index (χ4n) is 2.83. The second-order valence-corrected chi connectivity index (χ2v) is 5.49. The predicted molar refractivity (Wildman–Crippen MR) is 76.9 cm³/mol. The van der Waals surface area contributed by atoms with Crippen LogP contribution in [0.1, 0.15) is 31.9 Å². The summed E-state index contributed by atoms with van der Waals surface area (Å²) in [7, 11) is 0. The Morgan fingerprint density at radius 2 is 2.37 bits per heavy atom. The molecule has 1 saturated heterocycles. The van der Waals surface area contributed by atoms with E-state index in [1.807, 2.05) is 11.6 Å². The molecular formula is C13H20N4OS. The Morgan fingerprint density at radius 3 is 3.05 bits per heavy atom. The summed E-state index contributed by atoms with van der Waals surface area (Å²) in [5, 5.41) is 4.54. The maximum Gasteiger partial charge on any atom is 0.179 e. The third kappa shape index (κ3) is 2.23. The van der Waals surface area contributed by atoms with Crippen LogP contribution in [0.4, 0.5) is 0 Å². The summed E-state index contributed by atoms with van der Waals surface area (Å²) in [5.41, 5.74) is 3.20. The number of ether oxygens (including phenoxy) is 1. The van der Waals surface area contributed by atoms with Gasteiger partial charge in [-0.3, -0.25) is 0 Å². The van der Waals surface area contributed by atoms with Crippen LogP contribution >= 0.6 is 12.2 Å². The third-order valence-electron chi connectivity index (χ3n) is 3.83. The Hall–Kier alpha value is -1.14. The van der Waals surface area contributed by atoms with E-state index >= 15 is 0 Å². The number of aryl methyl sites for hydroxylation is 3. The van der Waals surface area contributed by atoms with Crippen LogP contribution in [0.5, 0.6) is 0 Å². The molecule has 104 valence electrons. The number of aromatic nitrogens is 4. The van der Waals surface area contributed by atoms with E-state index in [0.29, 0.717) is 6.10 Å². The first-order chi connectivity index (χ1) is 9.20. The Labute approximate surface area is 117 Å². The molecule has 2 aromatic heterocycles. The van der Waals surface area contributed by atoms with E-state index in [0.717, 1.165) is 47.7 Å². The van der Waals surface area contributed by atoms with Gasteiger partial charge in [-0.25, -0.2) is 4.68 Å². The minimum atomic E-state index is 0.394. The maximum atomic E-state index is 5.68. The van der Waals surface area contributed by atoms with Crippen LogP contribution in [0.2, 0.25) is 0 Å². The first-order valence-corrected chi connectivity index (χ1v) is 7.39. The Balaban J connectivity index is 1.92. The van der Waals surface area contributed by atoms with Crippen LogP contribution in [0, 0.1) is 11.7 Å². The number of hydrogen-bond donors (Lipinski definition) is 1. The number of fused-ring (bicyclic) bond motifs is 1. The lowest BCUT2D eigenvalue weighted by molar-refractivity contribution is 0.100. The van der Waals surface area contributed by atoms with E-state index in [9.17, 15) is 0 Å². The molecule has 5 nitrogen and oxygen atoms in total. The normalized spacial score (nSPS) is 19.6. The summed E-state index contributed by atoms with van der Waals surface area (Å²) in [6, 6.07) is 0. The SMILES string of the molecule is CCn1nc(C)c2[nH]c(=S)n(CCC3CCCO3)c21. The Morgan fingerprint density at radius 1 is 1.53 bits per heavy atom. The second kappa shape index (κ2) is 5.09. The number of imidazole rings is 1. The van der Waals surface area contributed by atoms with Gasteiger partial charge in [0.1, 0.15) is 5.52 Å². The molecule has 1 atom stereocenters. The molecule has 0 aromatic carbocycles. The van der Waals surface area contributed by atoms with Gasteiger partial charge in [-0.15, -0.1) is 0 Å². The molecule has 1 unspecified atom stereocenters. The van der Waals surface area contributed by atoms with Gasteiger partial charge in [-0.05, 0) is 45.3 Å². The van der Waals surface area contributed by atoms with Crippen molar-refractivity contribution in [3.8, 4) is 0 Å². The molecular weight excluding hydrogens is 260 g/mol. The zero-order valence-electron chi connectivity index (χ0n) is 11.5. The van der Waals surface area contributed by atoms with Crippen LogP contribution in [-0.4, -0.2) is 32.0 Å². The van der Waals surface area contributed by atoms with E-state index in [-0.39, 0.29) is 0 Å². The van der Waals surface area contributed by atoms with Gasteiger partial charge in [0.25, 0.3) is 0 Å². The van der Waals surface area contributed by atoms with Crippen molar-refractivity contribution < 1.29 is 4.74 Å². The number of rotatable bonds is 4. The van der Waals surface area contributed by atoms with Crippen molar-refractivity contribution in [3.05, 3.63) is 10.5 Å². The minimum absolute atomic E-state index is 0.394. The summed E-state index contributed by atoms with van der Waals surface area (Å²) in [6.45, 7) is 6.78. The molecule has 3 rings (SSSR count).